The number of benzene rings is 2. The number of hydrogen-bond donors (Lipinski definition) is 1. The van der Waals surface area contributed by atoms with Crippen LogP contribution in [0.1, 0.15) is 34.6 Å². The van der Waals surface area contributed by atoms with Crippen LogP contribution in [0.2, 0.25) is 0 Å². The third-order valence-corrected chi connectivity index (χ3v) is 5.74. The van der Waals surface area contributed by atoms with Crippen molar-refractivity contribution in [3.63, 3.8) is 0 Å². The van der Waals surface area contributed by atoms with E-state index in [0.717, 1.165) is 0 Å². The molecule has 0 aliphatic rings. The minimum Gasteiger partial charge on any atom is -0.508 e. The van der Waals surface area contributed by atoms with E-state index < -0.39 is 11.8 Å². The van der Waals surface area contributed by atoms with Crippen LogP contribution in [0, 0.1) is 11.8 Å². The number of ketones is 2. The lowest BCUT2D eigenvalue weighted by molar-refractivity contribution is 0.0862. The summed E-state index contributed by atoms with van der Waals surface area (Å²) in [6.07, 6.45) is 6.35. The SMILES string of the molecule is C=C(C(=O)c1cccc(OC)c1)C(C(=CC)/C=C\C=C(/C)F)C(CN(C)C)C(=O)c1cccc(O)c1. The van der Waals surface area contributed by atoms with Crippen molar-refractivity contribution < 1.29 is 23.8 Å². The van der Waals surface area contributed by atoms with Crippen molar-refractivity contribution in [2.24, 2.45) is 11.8 Å². The Balaban J connectivity index is 2.66. The molecular weight excluding hydrogens is 457 g/mol. The third kappa shape index (κ3) is 7.62. The van der Waals surface area contributed by atoms with Crippen molar-refractivity contribution in [2.45, 2.75) is 13.8 Å². The highest BCUT2D eigenvalue weighted by Gasteiger charge is 2.35. The van der Waals surface area contributed by atoms with Crippen molar-refractivity contribution in [1.82, 2.24) is 4.90 Å². The monoisotopic (exact) mass is 491 g/mol. The number of halogens is 1. The average molecular weight is 492 g/mol. The Morgan fingerprint density at radius 3 is 2.39 bits per heavy atom. The van der Waals surface area contributed by atoms with Crippen molar-refractivity contribution in [2.75, 3.05) is 27.7 Å². The van der Waals surface area contributed by atoms with E-state index in [0.29, 0.717) is 29.0 Å². The normalized spacial score (nSPS) is 14.1. The van der Waals surface area contributed by atoms with Crippen LogP contribution in [-0.4, -0.2) is 49.3 Å². The van der Waals surface area contributed by atoms with Gasteiger partial charge in [-0.3, -0.25) is 9.59 Å². The van der Waals surface area contributed by atoms with Gasteiger partial charge in [0.2, 0.25) is 0 Å². The van der Waals surface area contributed by atoms with Crippen molar-refractivity contribution in [3.05, 3.63) is 108 Å². The summed E-state index contributed by atoms with van der Waals surface area (Å²) in [4.78, 5) is 29.3. The number of methoxy groups -OCH3 is 1. The first-order chi connectivity index (χ1) is 17.1. The molecule has 0 saturated heterocycles. The van der Waals surface area contributed by atoms with E-state index in [-0.39, 0.29) is 28.7 Å². The standard InChI is InChI=1S/C30H34FNO4/c1-7-22(12-8-11-20(2)31)28(21(3)29(34)24-14-10-16-26(18-24)36-6)27(19-32(4)5)30(35)23-13-9-15-25(33)17-23/h7-18,27-28,33H,3,19H2,1-2,4-6H3/b12-8-,20-11+,22-7?. The van der Waals surface area contributed by atoms with Gasteiger partial charge in [-0.25, -0.2) is 4.39 Å². The van der Waals surface area contributed by atoms with Crippen LogP contribution < -0.4 is 4.74 Å². The summed E-state index contributed by atoms with van der Waals surface area (Å²) in [5, 5.41) is 9.97. The molecule has 0 aliphatic carbocycles. The van der Waals surface area contributed by atoms with Gasteiger partial charge in [0.1, 0.15) is 11.5 Å². The van der Waals surface area contributed by atoms with Gasteiger partial charge in [0, 0.05) is 35.1 Å². The zero-order chi connectivity index (χ0) is 26.8. The summed E-state index contributed by atoms with van der Waals surface area (Å²) in [5.41, 5.74) is 1.58. The molecular formula is C30H34FNO4. The van der Waals surface area contributed by atoms with Gasteiger partial charge in [0.15, 0.2) is 11.6 Å². The fraction of sp³-hybridized carbons (Fsp3) is 0.267. The summed E-state index contributed by atoms with van der Waals surface area (Å²) >= 11 is 0. The first-order valence-corrected chi connectivity index (χ1v) is 11.6. The summed E-state index contributed by atoms with van der Waals surface area (Å²) in [6, 6.07) is 12.9. The summed E-state index contributed by atoms with van der Waals surface area (Å²) < 4.78 is 18.6. The quantitative estimate of drug-likeness (QED) is 0.218. The third-order valence-electron chi connectivity index (χ3n) is 5.74. The molecule has 2 rings (SSSR count). The Kier molecular flexibility index (Phi) is 10.6. The highest BCUT2D eigenvalue weighted by molar-refractivity contribution is 6.10. The maximum Gasteiger partial charge on any atom is 0.189 e. The van der Waals surface area contributed by atoms with Gasteiger partial charge in [-0.2, -0.15) is 0 Å². The smallest absolute Gasteiger partial charge is 0.189 e. The zero-order valence-electron chi connectivity index (χ0n) is 21.5. The zero-order valence-corrected chi connectivity index (χ0v) is 21.5. The van der Waals surface area contributed by atoms with Gasteiger partial charge in [0.05, 0.1) is 12.9 Å². The number of nitrogens with zero attached hydrogens (tertiary/aromatic N) is 1. The number of carbonyl (C=O) groups excluding carboxylic acids is 2. The van der Waals surface area contributed by atoms with E-state index in [9.17, 15) is 19.1 Å². The second-order valence-electron chi connectivity index (χ2n) is 8.75. The average Bonchev–Trinajstić information content (AvgIpc) is 2.85. The van der Waals surface area contributed by atoms with E-state index in [2.05, 4.69) is 6.58 Å². The predicted octanol–water partition coefficient (Wildman–Crippen LogP) is 6.19. The van der Waals surface area contributed by atoms with Crippen molar-refractivity contribution in [3.8, 4) is 11.5 Å². The second kappa shape index (κ2) is 13.4. The van der Waals surface area contributed by atoms with Crippen LogP contribution in [0.5, 0.6) is 11.5 Å². The number of carbonyl (C=O) groups is 2. The molecule has 36 heavy (non-hydrogen) atoms. The highest BCUT2D eigenvalue weighted by atomic mass is 19.1. The fourth-order valence-electron chi connectivity index (χ4n) is 4.04. The van der Waals surface area contributed by atoms with Gasteiger partial charge < -0.3 is 14.7 Å². The first-order valence-electron chi connectivity index (χ1n) is 11.6. The van der Waals surface area contributed by atoms with Crippen LogP contribution in [-0.2, 0) is 0 Å². The predicted molar refractivity (Wildman–Crippen MR) is 142 cm³/mol. The maximum absolute atomic E-state index is 13.8. The maximum atomic E-state index is 13.8. The van der Waals surface area contributed by atoms with E-state index in [1.807, 2.05) is 19.0 Å². The molecule has 2 unspecified atom stereocenters. The molecule has 2 aromatic carbocycles. The Hall–Kier alpha value is -3.77. The molecule has 5 nitrogen and oxygen atoms in total. The molecule has 0 aliphatic heterocycles. The van der Waals surface area contributed by atoms with Gasteiger partial charge in [-0.05, 0) is 63.9 Å². The molecule has 190 valence electrons. The Labute approximate surface area is 212 Å². The Morgan fingerprint density at radius 1 is 1.14 bits per heavy atom. The molecule has 0 saturated carbocycles. The molecule has 0 radical (unpaired) electrons. The molecule has 0 aromatic heterocycles. The first kappa shape index (κ1) is 28.5. The van der Waals surface area contributed by atoms with Gasteiger partial charge >= 0.3 is 0 Å². The topological polar surface area (TPSA) is 66.8 Å². The Morgan fingerprint density at radius 2 is 1.81 bits per heavy atom. The molecule has 0 heterocycles. The van der Waals surface area contributed by atoms with E-state index >= 15 is 0 Å². The number of phenols is 1. The minimum atomic E-state index is -0.713. The lowest BCUT2D eigenvalue weighted by Gasteiger charge is -2.31. The molecule has 0 amide bonds. The second-order valence-corrected chi connectivity index (χ2v) is 8.75. The number of aromatic hydroxyl groups is 1. The van der Waals surface area contributed by atoms with Gasteiger partial charge in [0.25, 0.3) is 0 Å². The van der Waals surface area contributed by atoms with Crippen LogP contribution >= 0.6 is 0 Å². The number of ether oxygens (including phenoxy) is 1. The van der Waals surface area contributed by atoms with Crippen LogP contribution in [0.25, 0.3) is 0 Å². The molecule has 0 bridgehead atoms. The van der Waals surface area contributed by atoms with Gasteiger partial charge in [-0.15, -0.1) is 0 Å². The summed E-state index contributed by atoms with van der Waals surface area (Å²) in [5.74, 6) is -1.86. The van der Waals surface area contributed by atoms with Crippen LogP contribution in [0.4, 0.5) is 4.39 Å². The number of rotatable bonds is 12. The lowest BCUT2D eigenvalue weighted by atomic mass is 9.74. The van der Waals surface area contributed by atoms with Crippen molar-refractivity contribution in [1.29, 1.82) is 0 Å². The van der Waals surface area contributed by atoms with E-state index in [1.54, 1.807) is 61.5 Å². The highest BCUT2D eigenvalue weighted by Crippen LogP contribution is 2.34. The largest absolute Gasteiger partial charge is 0.508 e. The molecule has 2 aromatic rings. The molecule has 0 fully saturated rings. The number of Topliss-reactive ketones (excluding diaryl/α,β-unsaturated/α-hetero) is 2. The number of allylic oxidation sites excluding steroid dienone is 7. The molecule has 6 heteroatoms. The van der Waals surface area contributed by atoms with E-state index in [1.165, 1.54) is 32.2 Å². The molecule has 1 N–H and O–H groups in total. The fourth-order valence-corrected chi connectivity index (χ4v) is 4.04. The summed E-state index contributed by atoms with van der Waals surface area (Å²) in [6.45, 7) is 7.59. The minimum absolute atomic E-state index is 0.0259. The van der Waals surface area contributed by atoms with E-state index in [4.69, 9.17) is 4.74 Å². The van der Waals surface area contributed by atoms with Crippen molar-refractivity contribution >= 4 is 11.6 Å². The summed E-state index contributed by atoms with van der Waals surface area (Å²) in [7, 11) is 5.20. The Bertz CT molecular complexity index is 1190. The lowest BCUT2D eigenvalue weighted by Crippen LogP contribution is -2.36. The van der Waals surface area contributed by atoms with Crippen LogP contribution in [0.15, 0.2) is 96.4 Å². The molecule has 0 spiro atoms. The number of hydrogen-bond acceptors (Lipinski definition) is 5. The van der Waals surface area contributed by atoms with Crippen LogP contribution in [0.3, 0.4) is 0 Å². The van der Waals surface area contributed by atoms with Gasteiger partial charge in [-0.1, -0.05) is 49.1 Å². The number of phenolic OH excluding ortho intramolecular Hbond substituents is 1. The molecule has 2 atom stereocenters.